The summed E-state index contributed by atoms with van der Waals surface area (Å²) in [5.41, 5.74) is 11.6. The maximum absolute atomic E-state index is 5.60. The summed E-state index contributed by atoms with van der Waals surface area (Å²) in [6, 6.07) is 72.1. The zero-order chi connectivity index (χ0) is 43.6. The van der Waals surface area contributed by atoms with Gasteiger partial charge in [0.2, 0.25) is 0 Å². The molecule has 0 saturated carbocycles. The lowest BCUT2D eigenvalue weighted by molar-refractivity contribution is 1.08. The maximum atomic E-state index is 5.60. The van der Waals surface area contributed by atoms with Gasteiger partial charge in [0.05, 0.1) is 22.2 Å². The van der Waals surface area contributed by atoms with E-state index < -0.39 is 0 Å². The molecule has 0 unspecified atom stereocenters. The first kappa shape index (κ1) is 37.5. The maximum Gasteiger partial charge on any atom is 0.166 e. The topological polar surface area (TPSA) is 77.3 Å². The molecular weight excluding hydrogens is 805 g/mol. The first-order valence-corrected chi connectivity index (χ1v) is 22.1. The number of aromatic nitrogens is 6. The Kier molecular flexibility index (Phi) is 8.74. The second-order valence-electron chi connectivity index (χ2n) is 16.7. The summed E-state index contributed by atoms with van der Waals surface area (Å²) in [5, 5.41) is 10.2. The lowest BCUT2D eigenvalue weighted by Gasteiger charge is -2.16. The van der Waals surface area contributed by atoms with Crippen LogP contribution in [-0.4, -0.2) is 29.9 Å². The van der Waals surface area contributed by atoms with E-state index in [2.05, 4.69) is 194 Å². The van der Waals surface area contributed by atoms with Gasteiger partial charge in [0, 0.05) is 72.7 Å². The van der Waals surface area contributed by atoms with Crippen LogP contribution in [0.2, 0.25) is 0 Å². The standard InChI is InChI=1S/C60H36N6/c1-2-12-45-36-46(31-22-37(45)10-1)56-51-33-32-38-11-3-4-17-47(38)53(51)50-20-7-21-52(57(50)63-56)60-65-58(43-27-23-39(24-28-43)48-18-5-13-41-15-8-34-61-54(41)48)64-59(66-60)44-29-25-40(26-30-44)49-19-6-14-42-16-9-35-62-55(42)49/h1-36H. The van der Waals surface area contributed by atoms with Crippen LogP contribution in [0.5, 0.6) is 0 Å². The van der Waals surface area contributed by atoms with Gasteiger partial charge in [0.15, 0.2) is 17.5 Å². The minimum atomic E-state index is 0.543. The van der Waals surface area contributed by atoms with Crippen molar-refractivity contribution in [2.45, 2.75) is 0 Å². The van der Waals surface area contributed by atoms with Gasteiger partial charge in [-0.05, 0) is 56.9 Å². The molecule has 0 saturated heterocycles. The molecule has 306 valence electrons. The van der Waals surface area contributed by atoms with Gasteiger partial charge in [-0.3, -0.25) is 9.97 Å². The Morgan fingerprint density at radius 1 is 0.258 bits per heavy atom. The van der Waals surface area contributed by atoms with E-state index in [1.54, 1.807) is 0 Å². The minimum absolute atomic E-state index is 0.543. The zero-order valence-electron chi connectivity index (χ0n) is 35.5. The van der Waals surface area contributed by atoms with Crippen LogP contribution in [0.3, 0.4) is 0 Å². The molecule has 0 amide bonds. The SMILES string of the molecule is c1ccc2cc(-c3nc4c(-c5nc(-c6ccc(-c7cccc8cccnc78)cc6)nc(-c6ccc(-c7cccc8cccnc78)cc6)n5)cccc4c4c3ccc3ccccc34)ccc2c1. The van der Waals surface area contributed by atoms with Crippen molar-refractivity contribution in [2.24, 2.45) is 0 Å². The van der Waals surface area contributed by atoms with Gasteiger partial charge in [-0.25, -0.2) is 19.9 Å². The van der Waals surface area contributed by atoms with E-state index in [-0.39, 0.29) is 0 Å². The third-order valence-electron chi connectivity index (χ3n) is 12.8. The van der Waals surface area contributed by atoms with E-state index in [9.17, 15) is 0 Å². The highest BCUT2D eigenvalue weighted by Crippen LogP contribution is 2.41. The average molecular weight is 841 g/mol. The highest BCUT2D eigenvalue weighted by atomic mass is 15.0. The Balaban J connectivity index is 1.02. The number of hydrogen-bond acceptors (Lipinski definition) is 6. The summed E-state index contributed by atoms with van der Waals surface area (Å²) in [4.78, 5) is 30.9. The number of pyridine rings is 3. The van der Waals surface area contributed by atoms with E-state index in [1.807, 2.05) is 24.5 Å². The van der Waals surface area contributed by atoms with Gasteiger partial charge >= 0.3 is 0 Å². The Labute approximate surface area is 379 Å². The van der Waals surface area contributed by atoms with Gasteiger partial charge in [-0.2, -0.15) is 0 Å². The fourth-order valence-electron chi connectivity index (χ4n) is 9.56. The van der Waals surface area contributed by atoms with Crippen molar-refractivity contribution in [2.75, 3.05) is 0 Å². The van der Waals surface area contributed by atoms with Gasteiger partial charge in [0.25, 0.3) is 0 Å². The van der Waals surface area contributed by atoms with Crippen LogP contribution in [-0.2, 0) is 0 Å². The quantitative estimate of drug-likeness (QED) is 0.155. The lowest BCUT2D eigenvalue weighted by atomic mass is 9.93. The number of hydrogen-bond donors (Lipinski definition) is 0. The molecule has 66 heavy (non-hydrogen) atoms. The van der Waals surface area contributed by atoms with Crippen molar-refractivity contribution in [3.05, 3.63) is 219 Å². The smallest absolute Gasteiger partial charge is 0.166 e. The highest BCUT2D eigenvalue weighted by Gasteiger charge is 2.20. The first-order valence-electron chi connectivity index (χ1n) is 22.1. The third kappa shape index (κ3) is 6.34. The van der Waals surface area contributed by atoms with Crippen molar-refractivity contribution in [1.29, 1.82) is 0 Å². The summed E-state index contributed by atoms with van der Waals surface area (Å²) < 4.78 is 0. The van der Waals surface area contributed by atoms with Crippen LogP contribution in [0, 0.1) is 0 Å². The molecule has 0 radical (unpaired) electrons. The zero-order valence-corrected chi connectivity index (χ0v) is 35.5. The number of nitrogens with zero attached hydrogens (tertiary/aromatic N) is 6. The Morgan fingerprint density at radius 2 is 0.742 bits per heavy atom. The number of fused-ring (bicyclic) bond motifs is 8. The lowest BCUT2D eigenvalue weighted by Crippen LogP contribution is -2.01. The van der Waals surface area contributed by atoms with E-state index in [4.69, 9.17) is 29.9 Å². The summed E-state index contributed by atoms with van der Waals surface area (Å²) >= 11 is 0. The van der Waals surface area contributed by atoms with Crippen LogP contribution < -0.4 is 0 Å². The molecule has 0 aliphatic carbocycles. The Hall–Kier alpha value is -9.00. The van der Waals surface area contributed by atoms with Crippen molar-refractivity contribution >= 4 is 65.0 Å². The van der Waals surface area contributed by atoms with Crippen LogP contribution in [0.15, 0.2) is 219 Å². The molecule has 0 bridgehead atoms. The number of para-hydroxylation sites is 3. The molecule has 0 aliphatic rings. The van der Waals surface area contributed by atoms with E-state index >= 15 is 0 Å². The normalized spacial score (nSPS) is 11.6. The molecule has 4 aromatic heterocycles. The molecule has 0 spiro atoms. The van der Waals surface area contributed by atoms with E-state index in [0.717, 1.165) is 99.1 Å². The molecule has 6 heteroatoms. The summed E-state index contributed by atoms with van der Waals surface area (Å²) in [5.74, 6) is 1.68. The monoisotopic (exact) mass is 840 g/mol. The van der Waals surface area contributed by atoms with Gasteiger partial charge in [-0.1, -0.05) is 182 Å². The van der Waals surface area contributed by atoms with Crippen molar-refractivity contribution < 1.29 is 0 Å². The van der Waals surface area contributed by atoms with Crippen molar-refractivity contribution in [3.63, 3.8) is 0 Å². The van der Waals surface area contributed by atoms with E-state index in [1.165, 1.54) is 16.2 Å². The fraction of sp³-hybridized carbons (Fsp3) is 0. The van der Waals surface area contributed by atoms with Crippen LogP contribution in [0.1, 0.15) is 0 Å². The van der Waals surface area contributed by atoms with Crippen LogP contribution in [0.4, 0.5) is 0 Å². The predicted octanol–water partition coefficient (Wildman–Crippen LogP) is 15.0. The molecule has 0 atom stereocenters. The largest absolute Gasteiger partial charge is 0.256 e. The molecule has 9 aromatic carbocycles. The van der Waals surface area contributed by atoms with Gasteiger partial charge in [-0.15, -0.1) is 0 Å². The predicted molar refractivity (Wildman–Crippen MR) is 271 cm³/mol. The highest BCUT2D eigenvalue weighted by molar-refractivity contribution is 6.24. The minimum Gasteiger partial charge on any atom is -0.256 e. The summed E-state index contributed by atoms with van der Waals surface area (Å²) in [6.07, 6.45) is 3.69. The Bertz CT molecular complexity index is 3900. The number of rotatable bonds is 6. The molecule has 13 rings (SSSR count). The van der Waals surface area contributed by atoms with Gasteiger partial charge in [0.1, 0.15) is 0 Å². The van der Waals surface area contributed by atoms with Crippen molar-refractivity contribution in [3.8, 4) is 67.7 Å². The number of benzene rings is 9. The van der Waals surface area contributed by atoms with Crippen LogP contribution in [0.25, 0.3) is 133 Å². The fourth-order valence-corrected chi connectivity index (χ4v) is 9.56. The second-order valence-corrected chi connectivity index (χ2v) is 16.7. The summed E-state index contributed by atoms with van der Waals surface area (Å²) in [7, 11) is 0. The molecular formula is C60H36N6. The molecule has 0 fully saturated rings. The van der Waals surface area contributed by atoms with E-state index in [0.29, 0.717) is 17.5 Å². The second kappa shape index (κ2) is 15.4. The molecule has 13 aromatic rings. The molecule has 6 nitrogen and oxygen atoms in total. The summed E-state index contributed by atoms with van der Waals surface area (Å²) in [6.45, 7) is 0. The first-order chi connectivity index (χ1) is 32.7. The van der Waals surface area contributed by atoms with Crippen molar-refractivity contribution in [1.82, 2.24) is 29.9 Å². The molecule has 0 N–H and O–H groups in total. The van der Waals surface area contributed by atoms with Crippen LogP contribution >= 0.6 is 0 Å². The third-order valence-corrected chi connectivity index (χ3v) is 12.8. The van der Waals surface area contributed by atoms with Gasteiger partial charge < -0.3 is 0 Å². The Morgan fingerprint density at radius 3 is 1.41 bits per heavy atom. The average Bonchev–Trinajstić information content (AvgIpc) is 3.39. The molecule has 0 aliphatic heterocycles. The molecule has 4 heterocycles.